The molecule has 0 saturated heterocycles. The van der Waals surface area contributed by atoms with Gasteiger partial charge in [0.25, 0.3) is 0 Å². The van der Waals surface area contributed by atoms with Gasteiger partial charge in [-0.3, -0.25) is 4.79 Å². The van der Waals surface area contributed by atoms with E-state index in [0.29, 0.717) is 85.8 Å². The number of thiol groups is 1. The Bertz CT molecular complexity index is 372. The summed E-state index contributed by atoms with van der Waals surface area (Å²) < 4.78 is 32.4. The first-order chi connectivity index (χ1) is 15.3. The van der Waals surface area contributed by atoms with E-state index in [1.54, 1.807) is 0 Å². The molecule has 9 heteroatoms. The van der Waals surface area contributed by atoms with Gasteiger partial charge in [0.15, 0.2) is 0 Å². The van der Waals surface area contributed by atoms with Gasteiger partial charge in [-0.15, -0.1) is 0 Å². The first kappa shape index (κ1) is 30.6. The number of amides is 1. The van der Waals surface area contributed by atoms with Crippen LogP contribution in [0, 0.1) is 5.92 Å². The molecule has 0 aliphatic carbocycles. The number of carbonyl (C=O) groups is 1. The highest BCUT2D eigenvalue weighted by Crippen LogP contribution is 2.13. The summed E-state index contributed by atoms with van der Waals surface area (Å²) in [5.74, 6) is 0.999. The molecule has 0 heterocycles. The van der Waals surface area contributed by atoms with Crippen LogP contribution in [0.25, 0.3) is 0 Å². The second-order valence-corrected chi connectivity index (χ2v) is 7.41. The summed E-state index contributed by atoms with van der Waals surface area (Å²) in [5.41, 5.74) is 0. The van der Waals surface area contributed by atoms with Crippen LogP contribution < -0.4 is 5.32 Å². The maximum Gasteiger partial charge on any atom is 0.223 e. The average molecular weight is 468 g/mol. The summed E-state index contributed by atoms with van der Waals surface area (Å²) in [6, 6.07) is 0. The van der Waals surface area contributed by atoms with Gasteiger partial charge in [0, 0.05) is 18.2 Å². The molecular weight excluding hydrogens is 422 g/mol. The Hall–Kier alpha value is -0.420. The molecule has 0 aromatic rings. The van der Waals surface area contributed by atoms with E-state index >= 15 is 0 Å². The quantitative estimate of drug-likeness (QED) is 0.157. The third-order valence-electron chi connectivity index (χ3n) is 4.29. The Morgan fingerprint density at radius 2 is 1.00 bits per heavy atom. The molecule has 0 saturated carbocycles. The summed E-state index contributed by atoms with van der Waals surface area (Å²) in [6.45, 7) is 11.3. The standard InChI is InChI=1S/C22H45NO7S/c1-3-5-21(6-4-2)22(24)23-7-8-25-9-10-26-11-12-27-13-14-28-15-16-29-17-18-30-19-20-31/h21,31H,3-20H2,1-2H3,(H,23,24). The highest BCUT2D eigenvalue weighted by molar-refractivity contribution is 7.80. The van der Waals surface area contributed by atoms with Crippen LogP contribution in [0.2, 0.25) is 0 Å². The lowest BCUT2D eigenvalue weighted by molar-refractivity contribution is -0.125. The molecule has 0 aromatic carbocycles. The fraction of sp³-hybridized carbons (Fsp3) is 0.955. The van der Waals surface area contributed by atoms with Gasteiger partial charge in [0.1, 0.15) is 0 Å². The number of hydrogen-bond donors (Lipinski definition) is 2. The van der Waals surface area contributed by atoms with Crippen molar-refractivity contribution in [3.63, 3.8) is 0 Å². The van der Waals surface area contributed by atoms with Gasteiger partial charge in [0.05, 0.1) is 79.3 Å². The van der Waals surface area contributed by atoms with Crippen molar-refractivity contribution in [2.24, 2.45) is 5.92 Å². The normalized spacial score (nSPS) is 11.4. The average Bonchev–Trinajstić information content (AvgIpc) is 2.77. The number of nitrogens with one attached hydrogen (secondary N) is 1. The minimum absolute atomic E-state index is 0.130. The van der Waals surface area contributed by atoms with Gasteiger partial charge in [0.2, 0.25) is 5.91 Å². The minimum atomic E-state index is 0.130. The maximum absolute atomic E-state index is 12.1. The second kappa shape index (κ2) is 25.8. The van der Waals surface area contributed by atoms with Crippen molar-refractivity contribution in [2.45, 2.75) is 39.5 Å². The van der Waals surface area contributed by atoms with E-state index in [1.165, 1.54) is 0 Å². The van der Waals surface area contributed by atoms with E-state index in [-0.39, 0.29) is 11.8 Å². The van der Waals surface area contributed by atoms with Crippen LogP contribution in [0.4, 0.5) is 0 Å². The monoisotopic (exact) mass is 467 g/mol. The molecule has 0 fully saturated rings. The second-order valence-electron chi connectivity index (χ2n) is 6.96. The smallest absolute Gasteiger partial charge is 0.223 e. The summed E-state index contributed by atoms with van der Waals surface area (Å²) >= 11 is 4.06. The molecule has 0 unspecified atom stereocenters. The molecule has 0 radical (unpaired) electrons. The molecule has 0 aliphatic heterocycles. The zero-order valence-corrected chi connectivity index (χ0v) is 20.5. The predicted molar refractivity (Wildman–Crippen MR) is 125 cm³/mol. The Kier molecular flexibility index (Phi) is 25.5. The molecule has 0 bridgehead atoms. The SMILES string of the molecule is CCCC(CCC)C(=O)NCCOCCOCCOCCOCCOCCOCCS. The molecule has 0 aliphatic rings. The summed E-state index contributed by atoms with van der Waals surface area (Å²) in [4.78, 5) is 12.1. The van der Waals surface area contributed by atoms with E-state index in [4.69, 9.17) is 28.4 Å². The van der Waals surface area contributed by atoms with Gasteiger partial charge in [-0.1, -0.05) is 26.7 Å². The van der Waals surface area contributed by atoms with E-state index in [9.17, 15) is 4.79 Å². The number of ether oxygens (including phenoxy) is 6. The first-order valence-corrected chi connectivity index (χ1v) is 12.2. The molecule has 0 aromatic heterocycles. The van der Waals surface area contributed by atoms with Crippen LogP contribution in [-0.2, 0) is 33.2 Å². The van der Waals surface area contributed by atoms with Crippen LogP contribution in [0.3, 0.4) is 0 Å². The van der Waals surface area contributed by atoms with Crippen LogP contribution >= 0.6 is 12.6 Å². The third kappa shape index (κ3) is 22.6. The van der Waals surface area contributed by atoms with E-state index in [2.05, 4.69) is 31.8 Å². The number of rotatable bonds is 25. The van der Waals surface area contributed by atoms with Gasteiger partial charge in [-0.25, -0.2) is 0 Å². The molecular formula is C22H45NO7S. The molecule has 0 rings (SSSR count). The zero-order chi connectivity index (χ0) is 22.8. The van der Waals surface area contributed by atoms with E-state index < -0.39 is 0 Å². The molecule has 31 heavy (non-hydrogen) atoms. The Labute approximate surface area is 194 Å². The van der Waals surface area contributed by atoms with Gasteiger partial charge in [-0.2, -0.15) is 12.6 Å². The molecule has 0 atom stereocenters. The summed E-state index contributed by atoms with van der Waals surface area (Å²) in [5, 5.41) is 2.96. The maximum atomic E-state index is 12.1. The van der Waals surface area contributed by atoms with E-state index in [0.717, 1.165) is 31.4 Å². The van der Waals surface area contributed by atoms with Crippen LogP contribution in [0.15, 0.2) is 0 Å². The lowest BCUT2D eigenvalue weighted by atomic mass is 9.97. The highest BCUT2D eigenvalue weighted by atomic mass is 32.1. The molecule has 0 spiro atoms. The van der Waals surface area contributed by atoms with Crippen molar-refractivity contribution >= 4 is 18.5 Å². The minimum Gasteiger partial charge on any atom is -0.378 e. The highest BCUT2D eigenvalue weighted by Gasteiger charge is 2.15. The third-order valence-corrected chi connectivity index (χ3v) is 4.47. The molecule has 1 N–H and O–H groups in total. The van der Waals surface area contributed by atoms with Crippen LogP contribution in [-0.4, -0.2) is 97.5 Å². The first-order valence-electron chi connectivity index (χ1n) is 11.6. The van der Waals surface area contributed by atoms with Crippen LogP contribution in [0.5, 0.6) is 0 Å². The summed E-state index contributed by atoms with van der Waals surface area (Å²) in [7, 11) is 0. The fourth-order valence-corrected chi connectivity index (χ4v) is 2.89. The lowest BCUT2D eigenvalue weighted by Gasteiger charge is -2.15. The summed E-state index contributed by atoms with van der Waals surface area (Å²) in [6.07, 6.45) is 3.96. The molecule has 1 amide bonds. The Morgan fingerprint density at radius 3 is 1.35 bits per heavy atom. The van der Waals surface area contributed by atoms with Gasteiger partial charge < -0.3 is 33.7 Å². The zero-order valence-electron chi connectivity index (χ0n) is 19.6. The Morgan fingerprint density at radius 1 is 0.645 bits per heavy atom. The fourth-order valence-electron chi connectivity index (χ4n) is 2.76. The van der Waals surface area contributed by atoms with E-state index in [1.807, 2.05) is 0 Å². The van der Waals surface area contributed by atoms with Crippen molar-refractivity contribution in [1.82, 2.24) is 5.32 Å². The van der Waals surface area contributed by atoms with Gasteiger partial charge >= 0.3 is 0 Å². The number of carbonyl (C=O) groups excluding carboxylic acids is 1. The van der Waals surface area contributed by atoms with Gasteiger partial charge in [-0.05, 0) is 12.8 Å². The molecule has 186 valence electrons. The lowest BCUT2D eigenvalue weighted by Crippen LogP contribution is -2.33. The topological polar surface area (TPSA) is 84.5 Å². The van der Waals surface area contributed by atoms with Crippen molar-refractivity contribution in [3.05, 3.63) is 0 Å². The van der Waals surface area contributed by atoms with Crippen molar-refractivity contribution in [1.29, 1.82) is 0 Å². The largest absolute Gasteiger partial charge is 0.378 e. The van der Waals surface area contributed by atoms with Crippen molar-refractivity contribution in [3.8, 4) is 0 Å². The van der Waals surface area contributed by atoms with Crippen LogP contribution in [0.1, 0.15) is 39.5 Å². The number of hydrogen-bond acceptors (Lipinski definition) is 8. The Balaban J connectivity index is 3.22. The van der Waals surface area contributed by atoms with Crippen molar-refractivity contribution in [2.75, 3.05) is 91.6 Å². The van der Waals surface area contributed by atoms with Crippen molar-refractivity contribution < 1.29 is 33.2 Å². The molecule has 8 nitrogen and oxygen atoms in total. The predicted octanol–water partition coefficient (Wildman–Crippen LogP) is 2.35.